The zero-order chi connectivity index (χ0) is 18.0. The molecule has 1 heterocycles. The highest BCUT2D eigenvalue weighted by atomic mass is 35.5. The Morgan fingerprint density at radius 3 is 2.60 bits per heavy atom. The topological polar surface area (TPSA) is 66.0 Å². The van der Waals surface area contributed by atoms with E-state index in [2.05, 4.69) is 21.8 Å². The van der Waals surface area contributed by atoms with Gasteiger partial charge in [0.05, 0.1) is 21.8 Å². The first-order chi connectivity index (χ1) is 11.9. The van der Waals surface area contributed by atoms with E-state index in [1.54, 1.807) is 12.1 Å². The summed E-state index contributed by atoms with van der Waals surface area (Å²) in [5.41, 5.74) is 1.85. The van der Waals surface area contributed by atoms with Crippen LogP contribution < -0.4 is 0 Å². The van der Waals surface area contributed by atoms with Crippen molar-refractivity contribution < 1.29 is 18.7 Å². The van der Waals surface area contributed by atoms with Gasteiger partial charge in [-0.2, -0.15) is 0 Å². The summed E-state index contributed by atoms with van der Waals surface area (Å²) in [6, 6.07) is 6.26. The van der Waals surface area contributed by atoms with Crippen LogP contribution >= 0.6 is 23.4 Å². The first-order valence-corrected chi connectivity index (χ1v) is 8.29. The standard InChI is InChI=1S/C17H9ClF2N2O2S/c18-13-7-15-14(21-17(22-15)25-8-16(23)24)5-10(13)2-1-9-3-11(19)6-12(20)4-9/h3-7H,8H2,(H,21,22)(H,23,24). The smallest absolute Gasteiger partial charge is 0.313 e. The average Bonchev–Trinajstić information content (AvgIpc) is 2.91. The SMILES string of the molecule is O=C(O)CSc1nc2cc(Cl)c(C#Cc3cc(F)cc(F)c3)cc2[nH]1. The van der Waals surface area contributed by atoms with E-state index in [1.165, 1.54) is 0 Å². The molecule has 0 atom stereocenters. The Kier molecular flexibility index (Phi) is 4.93. The van der Waals surface area contributed by atoms with Gasteiger partial charge in [0.25, 0.3) is 0 Å². The highest BCUT2D eigenvalue weighted by Crippen LogP contribution is 2.25. The number of hydrogen-bond donors (Lipinski definition) is 2. The van der Waals surface area contributed by atoms with Crippen LogP contribution in [0.4, 0.5) is 8.78 Å². The van der Waals surface area contributed by atoms with Crippen molar-refractivity contribution in [3.05, 3.63) is 58.1 Å². The van der Waals surface area contributed by atoms with E-state index in [4.69, 9.17) is 16.7 Å². The number of rotatable bonds is 3. The molecule has 0 bridgehead atoms. The van der Waals surface area contributed by atoms with Crippen LogP contribution in [0, 0.1) is 23.5 Å². The van der Waals surface area contributed by atoms with Gasteiger partial charge in [0.2, 0.25) is 0 Å². The maximum Gasteiger partial charge on any atom is 0.313 e. The predicted octanol–water partition coefficient (Wildman–Crippen LogP) is 4.07. The van der Waals surface area contributed by atoms with Crippen LogP contribution in [0.5, 0.6) is 0 Å². The normalized spacial score (nSPS) is 10.5. The summed E-state index contributed by atoms with van der Waals surface area (Å²) in [6.45, 7) is 0. The van der Waals surface area contributed by atoms with Gasteiger partial charge in [0.15, 0.2) is 5.16 Å². The van der Waals surface area contributed by atoms with Crippen LogP contribution in [-0.4, -0.2) is 26.8 Å². The molecular weight excluding hydrogens is 370 g/mol. The third-order valence-electron chi connectivity index (χ3n) is 3.09. The number of hydrogen-bond acceptors (Lipinski definition) is 3. The van der Waals surface area contributed by atoms with E-state index >= 15 is 0 Å². The Morgan fingerprint density at radius 1 is 1.20 bits per heavy atom. The molecule has 3 rings (SSSR count). The first-order valence-electron chi connectivity index (χ1n) is 6.92. The van der Waals surface area contributed by atoms with E-state index in [1.807, 2.05) is 0 Å². The molecule has 126 valence electrons. The van der Waals surface area contributed by atoms with Gasteiger partial charge in [-0.25, -0.2) is 13.8 Å². The number of fused-ring (bicyclic) bond motifs is 1. The maximum absolute atomic E-state index is 13.2. The Morgan fingerprint density at radius 2 is 1.92 bits per heavy atom. The van der Waals surface area contributed by atoms with E-state index in [0.717, 1.165) is 30.0 Å². The van der Waals surface area contributed by atoms with Crippen molar-refractivity contribution in [2.45, 2.75) is 5.16 Å². The summed E-state index contributed by atoms with van der Waals surface area (Å²) < 4.78 is 26.4. The molecule has 0 aliphatic rings. The molecule has 0 amide bonds. The number of imidazole rings is 1. The number of carboxylic acid groups (broad SMARTS) is 1. The van der Waals surface area contributed by atoms with Crippen LogP contribution in [0.15, 0.2) is 35.5 Å². The number of halogens is 3. The van der Waals surface area contributed by atoms with Gasteiger partial charge in [-0.3, -0.25) is 4.79 Å². The molecule has 0 aliphatic carbocycles. The summed E-state index contributed by atoms with van der Waals surface area (Å²) in [4.78, 5) is 17.8. The summed E-state index contributed by atoms with van der Waals surface area (Å²) in [5, 5.41) is 9.48. The predicted molar refractivity (Wildman–Crippen MR) is 91.8 cm³/mol. The molecule has 2 aromatic carbocycles. The molecular formula is C17H9ClF2N2O2S. The Balaban J connectivity index is 1.93. The van der Waals surface area contributed by atoms with Crippen molar-refractivity contribution in [2.24, 2.45) is 0 Å². The van der Waals surface area contributed by atoms with Crippen molar-refractivity contribution >= 4 is 40.4 Å². The quantitative estimate of drug-likeness (QED) is 0.532. The molecule has 0 unspecified atom stereocenters. The van der Waals surface area contributed by atoms with Crippen LogP contribution in [0.3, 0.4) is 0 Å². The van der Waals surface area contributed by atoms with Gasteiger partial charge < -0.3 is 10.1 Å². The molecule has 0 saturated heterocycles. The lowest BCUT2D eigenvalue weighted by molar-refractivity contribution is -0.133. The van der Waals surface area contributed by atoms with Gasteiger partial charge in [0, 0.05) is 17.2 Å². The van der Waals surface area contributed by atoms with Crippen LogP contribution in [0.2, 0.25) is 5.02 Å². The second-order valence-corrected chi connectivity index (χ2v) is 6.35. The third-order valence-corrected chi connectivity index (χ3v) is 4.26. The largest absolute Gasteiger partial charge is 0.481 e. The fourth-order valence-corrected chi connectivity index (χ4v) is 2.88. The average molecular weight is 379 g/mol. The maximum atomic E-state index is 13.2. The highest BCUT2D eigenvalue weighted by Gasteiger charge is 2.09. The number of carboxylic acids is 1. The lowest BCUT2D eigenvalue weighted by Gasteiger charge is -1.96. The van der Waals surface area contributed by atoms with Crippen LogP contribution in [0.25, 0.3) is 11.0 Å². The first kappa shape index (κ1) is 17.3. The minimum atomic E-state index is -0.947. The fraction of sp³-hybridized carbons (Fsp3) is 0.0588. The number of nitrogens with zero attached hydrogens (tertiary/aromatic N) is 1. The molecule has 0 aliphatic heterocycles. The zero-order valence-corrected chi connectivity index (χ0v) is 14.0. The third kappa shape index (κ3) is 4.29. The minimum absolute atomic E-state index is 0.120. The molecule has 0 saturated carbocycles. The minimum Gasteiger partial charge on any atom is -0.481 e. The van der Waals surface area contributed by atoms with Crippen LogP contribution in [0.1, 0.15) is 11.1 Å². The number of carbonyl (C=O) groups is 1. The monoisotopic (exact) mass is 378 g/mol. The summed E-state index contributed by atoms with van der Waals surface area (Å²) >= 11 is 7.21. The molecule has 0 fully saturated rings. The van der Waals surface area contributed by atoms with Gasteiger partial charge in [-0.15, -0.1) is 0 Å². The second-order valence-electron chi connectivity index (χ2n) is 4.98. The second kappa shape index (κ2) is 7.13. The Bertz CT molecular complexity index is 1020. The van der Waals surface area contributed by atoms with Gasteiger partial charge >= 0.3 is 5.97 Å². The molecule has 0 spiro atoms. The number of aromatic amines is 1. The lowest BCUT2D eigenvalue weighted by atomic mass is 10.1. The van der Waals surface area contributed by atoms with Crippen molar-refractivity contribution in [1.29, 1.82) is 0 Å². The number of aliphatic carboxylic acids is 1. The molecule has 25 heavy (non-hydrogen) atoms. The summed E-state index contributed by atoms with van der Waals surface area (Å²) in [6.07, 6.45) is 0. The molecule has 3 aromatic rings. The highest BCUT2D eigenvalue weighted by molar-refractivity contribution is 7.99. The molecule has 8 heteroatoms. The van der Waals surface area contributed by atoms with Crippen molar-refractivity contribution in [3.8, 4) is 11.8 Å². The molecule has 0 radical (unpaired) electrons. The number of thioether (sulfide) groups is 1. The van der Waals surface area contributed by atoms with Crippen molar-refractivity contribution in [1.82, 2.24) is 9.97 Å². The molecule has 1 aromatic heterocycles. The zero-order valence-electron chi connectivity index (χ0n) is 12.4. The number of benzene rings is 2. The van der Waals surface area contributed by atoms with E-state index in [9.17, 15) is 13.6 Å². The number of nitrogens with one attached hydrogen (secondary N) is 1. The molecule has 2 N–H and O–H groups in total. The number of aromatic nitrogens is 2. The van der Waals surface area contributed by atoms with E-state index in [0.29, 0.717) is 26.8 Å². The van der Waals surface area contributed by atoms with Gasteiger partial charge in [0.1, 0.15) is 11.6 Å². The van der Waals surface area contributed by atoms with Crippen LogP contribution in [-0.2, 0) is 4.79 Å². The Hall–Kier alpha value is -2.56. The van der Waals surface area contributed by atoms with E-state index < -0.39 is 17.6 Å². The summed E-state index contributed by atoms with van der Waals surface area (Å²) in [7, 11) is 0. The molecule has 4 nitrogen and oxygen atoms in total. The lowest BCUT2D eigenvalue weighted by Crippen LogP contribution is -1.97. The number of H-pyrrole nitrogens is 1. The van der Waals surface area contributed by atoms with Crippen molar-refractivity contribution in [2.75, 3.05) is 5.75 Å². The van der Waals surface area contributed by atoms with E-state index in [-0.39, 0.29) is 11.3 Å². The summed E-state index contributed by atoms with van der Waals surface area (Å²) in [5.74, 6) is 2.95. The van der Waals surface area contributed by atoms with Gasteiger partial charge in [-0.1, -0.05) is 35.2 Å². The van der Waals surface area contributed by atoms with Crippen molar-refractivity contribution in [3.63, 3.8) is 0 Å². The fourth-order valence-electron chi connectivity index (χ4n) is 2.07. The van der Waals surface area contributed by atoms with Gasteiger partial charge in [-0.05, 0) is 24.3 Å². The Labute approximate surface area is 150 Å².